The fraction of sp³-hybridized carbons (Fsp3) is 0.0465. The Labute approximate surface area is 273 Å². The molecule has 9 rings (SSSR count). The summed E-state index contributed by atoms with van der Waals surface area (Å²) >= 11 is 2.00. The maximum absolute atomic E-state index is 5.11. The van der Waals surface area contributed by atoms with Crippen molar-refractivity contribution < 1.29 is 0 Å². The van der Waals surface area contributed by atoms with Gasteiger partial charge in [0, 0.05) is 39.1 Å². The molecular weight excluding hydrogens is 577 g/mol. The summed E-state index contributed by atoms with van der Waals surface area (Å²) in [5.41, 5.74) is 15.7. The Hall–Kier alpha value is -5.38. The number of aromatic nitrogens is 2. The molecule has 8 aromatic rings. The Balaban J connectivity index is 1.19. The average molecular weight is 607 g/mol. The van der Waals surface area contributed by atoms with E-state index in [0.29, 0.717) is 0 Å². The molecular formula is C43H30N2S. The topological polar surface area (TPSA) is 17.8 Å². The van der Waals surface area contributed by atoms with Gasteiger partial charge in [0.25, 0.3) is 0 Å². The van der Waals surface area contributed by atoms with Crippen molar-refractivity contribution in [3.05, 3.63) is 169 Å². The van der Waals surface area contributed by atoms with Crippen LogP contribution in [0.5, 0.6) is 0 Å². The monoisotopic (exact) mass is 606 g/mol. The highest BCUT2D eigenvalue weighted by Crippen LogP contribution is 2.41. The van der Waals surface area contributed by atoms with Gasteiger partial charge in [-0.3, -0.25) is 0 Å². The Morgan fingerprint density at radius 1 is 0.435 bits per heavy atom. The van der Waals surface area contributed by atoms with E-state index in [-0.39, 0.29) is 0 Å². The quantitative estimate of drug-likeness (QED) is 0.198. The third-order valence-electron chi connectivity index (χ3n) is 9.14. The first-order chi connectivity index (χ1) is 22.8. The van der Waals surface area contributed by atoms with Crippen LogP contribution in [0.2, 0.25) is 0 Å². The fourth-order valence-electron chi connectivity index (χ4n) is 6.92. The number of fused-ring (bicyclic) bond motifs is 6. The van der Waals surface area contributed by atoms with Crippen LogP contribution in [-0.4, -0.2) is 9.55 Å². The summed E-state index contributed by atoms with van der Waals surface area (Å²) < 4.78 is 2.42. The summed E-state index contributed by atoms with van der Waals surface area (Å²) in [4.78, 5) is 5.11. The molecule has 218 valence electrons. The highest BCUT2D eigenvalue weighted by Gasteiger charge is 2.19. The maximum Gasteiger partial charge on any atom is 0.0715 e. The minimum absolute atomic E-state index is 0.982. The molecule has 0 saturated carbocycles. The van der Waals surface area contributed by atoms with E-state index in [1.807, 2.05) is 11.8 Å². The second-order valence-corrected chi connectivity index (χ2v) is 12.9. The van der Waals surface area contributed by atoms with E-state index in [0.717, 1.165) is 34.0 Å². The fourth-order valence-corrected chi connectivity index (χ4v) is 7.95. The molecule has 46 heavy (non-hydrogen) atoms. The third kappa shape index (κ3) is 4.63. The highest BCUT2D eigenvalue weighted by atomic mass is 32.2. The lowest BCUT2D eigenvalue weighted by atomic mass is 9.92. The van der Waals surface area contributed by atoms with Crippen LogP contribution in [0.4, 0.5) is 0 Å². The molecule has 2 aromatic heterocycles. The van der Waals surface area contributed by atoms with Crippen molar-refractivity contribution in [2.75, 3.05) is 0 Å². The summed E-state index contributed by atoms with van der Waals surface area (Å²) in [7, 11) is 0. The molecule has 1 aliphatic heterocycles. The lowest BCUT2D eigenvalue weighted by molar-refractivity contribution is 1.17. The van der Waals surface area contributed by atoms with Gasteiger partial charge >= 0.3 is 0 Å². The Morgan fingerprint density at radius 2 is 1.02 bits per heavy atom. The van der Waals surface area contributed by atoms with E-state index in [2.05, 4.69) is 162 Å². The summed E-state index contributed by atoms with van der Waals surface area (Å²) in [5.74, 6) is 1.98. The maximum atomic E-state index is 5.11. The highest BCUT2D eigenvalue weighted by molar-refractivity contribution is 7.97. The zero-order valence-electron chi connectivity index (χ0n) is 25.2. The zero-order valence-corrected chi connectivity index (χ0v) is 26.0. The van der Waals surface area contributed by atoms with Crippen molar-refractivity contribution in [2.24, 2.45) is 0 Å². The number of rotatable bonds is 4. The van der Waals surface area contributed by atoms with Crippen LogP contribution in [0.3, 0.4) is 0 Å². The molecule has 0 spiro atoms. The van der Waals surface area contributed by atoms with Crippen molar-refractivity contribution in [2.45, 2.75) is 11.5 Å². The van der Waals surface area contributed by atoms with Crippen molar-refractivity contribution in [1.29, 1.82) is 0 Å². The molecule has 0 atom stereocenters. The van der Waals surface area contributed by atoms with Crippen molar-refractivity contribution >= 4 is 33.6 Å². The molecule has 0 amide bonds. The molecule has 0 aliphatic carbocycles. The van der Waals surface area contributed by atoms with Crippen LogP contribution >= 0.6 is 11.8 Å². The smallest absolute Gasteiger partial charge is 0.0715 e. The molecule has 2 nitrogen and oxygen atoms in total. The van der Waals surface area contributed by atoms with Crippen LogP contribution in [0.25, 0.3) is 72.3 Å². The first-order valence-electron chi connectivity index (χ1n) is 15.8. The minimum atomic E-state index is 0.982. The normalized spacial score (nSPS) is 12.5. The van der Waals surface area contributed by atoms with Gasteiger partial charge in [-0.1, -0.05) is 115 Å². The van der Waals surface area contributed by atoms with Crippen LogP contribution in [0.15, 0.2) is 158 Å². The van der Waals surface area contributed by atoms with Gasteiger partial charge in [0.1, 0.15) is 0 Å². The largest absolute Gasteiger partial charge is 0.309 e. The number of para-hydroxylation sites is 2. The van der Waals surface area contributed by atoms with Crippen molar-refractivity contribution in [1.82, 2.24) is 9.55 Å². The summed E-state index contributed by atoms with van der Waals surface area (Å²) in [6.07, 6.45) is 0. The van der Waals surface area contributed by atoms with Gasteiger partial charge in [0.05, 0.1) is 22.4 Å². The Morgan fingerprint density at radius 3 is 1.67 bits per heavy atom. The van der Waals surface area contributed by atoms with E-state index >= 15 is 0 Å². The molecule has 0 radical (unpaired) electrons. The second-order valence-electron chi connectivity index (χ2n) is 11.9. The first-order valence-corrected chi connectivity index (χ1v) is 16.9. The van der Waals surface area contributed by atoms with E-state index in [1.54, 1.807) is 0 Å². The van der Waals surface area contributed by atoms with Crippen molar-refractivity contribution in [3.8, 4) is 50.5 Å². The van der Waals surface area contributed by atoms with Gasteiger partial charge in [-0.25, -0.2) is 4.98 Å². The summed E-state index contributed by atoms with van der Waals surface area (Å²) in [6, 6.07) is 57.0. The number of pyridine rings is 1. The molecule has 3 heteroatoms. The van der Waals surface area contributed by atoms with Gasteiger partial charge in [-0.15, -0.1) is 0 Å². The SMILES string of the molecule is c1ccc(-c2cc(-c3ccc4c(c3)-c3ccc(-n5c6ccccc6c6ccccc65)cc3CSC4)cc(-c3ccccc3)n2)cc1. The predicted molar refractivity (Wildman–Crippen MR) is 195 cm³/mol. The van der Waals surface area contributed by atoms with E-state index in [1.165, 1.54) is 60.9 Å². The third-order valence-corrected chi connectivity index (χ3v) is 10.2. The number of benzene rings is 6. The van der Waals surface area contributed by atoms with Crippen LogP contribution < -0.4 is 0 Å². The Bertz CT molecular complexity index is 2280. The molecule has 0 N–H and O–H groups in total. The van der Waals surface area contributed by atoms with Gasteiger partial charge < -0.3 is 4.57 Å². The molecule has 0 bridgehead atoms. The molecule has 1 aliphatic rings. The Kier molecular flexibility index (Phi) is 6.57. The van der Waals surface area contributed by atoms with Crippen LogP contribution in [-0.2, 0) is 11.5 Å². The second kappa shape index (κ2) is 11.2. The lowest BCUT2D eigenvalue weighted by Gasteiger charge is -2.15. The summed E-state index contributed by atoms with van der Waals surface area (Å²) in [6.45, 7) is 0. The summed E-state index contributed by atoms with van der Waals surface area (Å²) in [5, 5.41) is 2.58. The van der Waals surface area contributed by atoms with E-state index < -0.39 is 0 Å². The number of thioether (sulfide) groups is 1. The van der Waals surface area contributed by atoms with Crippen LogP contribution in [0, 0.1) is 0 Å². The molecule has 0 saturated heterocycles. The van der Waals surface area contributed by atoms with Gasteiger partial charge in [0.2, 0.25) is 0 Å². The molecule has 6 aromatic carbocycles. The lowest BCUT2D eigenvalue weighted by Crippen LogP contribution is -1.97. The number of hydrogen-bond donors (Lipinski definition) is 0. The standard InChI is InChI=1S/C43H30N2S/c1-3-11-29(12-4-1)40-25-33(26-41(44-40)30-13-5-2-6-14-30)31-19-20-32-27-46-28-34-23-35(21-22-36(34)39(32)24-31)45-42-17-9-7-15-37(42)38-16-8-10-18-43(38)45/h1-26H,27-28H2. The van der Waals surface area contributed by atoms with Gasteiger partial charge in [-0.2, -0.15) is 11.8 Å². The molecule has 0 unspecified atom stereocenters. The zero-order chi connectivity index (χ0) is 30.5. The number of nitrogens with zero attached hydrogens (tertiary/aromatic N) is 2. The molecule has 0 fully saturated rings. The van der Waals surface area contributed by atoms with Gasteiger partial charge in [-0.05, 0) is 75.8 Å². The minimum Gasteiger partial charge on any atom is -0.309 e. The molecule has 3 heterocycles. The average Bonchev–Trinajstić information content (AvgIpc) is 3.35. The first kappa shape index (κ1) is 27.0. The number of hydrogen-bond acceptors (Lipinski definition) is 2. The van der Waals surface area contributed by atoms with E-state index in [4.69, 9.17) is 4.98 Å². The van der Waals surface area contributed by atoms with Crippen LogP contribution in [0.1, 0.15) is 11.1 Å². The van der Waals surface area contributed by atoms with Crippen molar-refractivity contribution in [3.63, 3.8) is 0 Å². The van der Waals surface area contributed by atoms with E-state index in [9.17, 15) is 0 Å². The predicted octanol–water partition coefficient (Wildman–Crippen LogP) is 11.6. The van der Waals surface area contributed by atoms with Gasteiger partial charge in [0.15, 0.2) is 0 Å².